The van der Waals surface area contributed by atoms with Gasteiger partial charge in [0.1, 0.15) is 11.2 Å². The third kappa shape index (κ3) is 8.35. The summed E-state index contributed by atoms with van der Waals surface area (Å²) in [5.74, 6) is -1.40. The first kappa shape index (κ1) is 37.6. The normalized spacial score (nSPS) is 18.8. The number of anilines is 2. The second-order valence-corrected chi connectivity index (χ2v) is 15.2. The van der Waals surface area contributed by atoms with Crippen LogP contribution in [0.5, 0.6) is 0 Å². The fraction of sp³-hybridized carbons (Fsp3) is 0.526. The Kier molecular flexibility index (Phi) is 10.6. The van der Waals surface area contributed by atoms with E-state index in [2.05, 4.69) is 40.0 Å². The van der Waals surface area contributed by atoms with Gasteiger partial charge in [-0.2, -0.15) is 18.2 Å². The highest BCUT2D eigenvalue weighted by atomic mass is 19.4. The maximum atomic E-state index is 14.2. The number of ether oxygens (including phenoxy) is 1. The Bertz CT molecular complexity index is 1990. The van der Waals surface area contributed by atoms with Crippen molar-refractivity contribution in [3.63, 3.8) is 0 Å². The van der Waals surface area contributed by atoms with E-state index in [1.165, 1.54) is 6.20 Å². The monoisotopic (exact) mass is 749 g/mol. The maximum Gasteiger partial charge on any atom is 0.418 e. The predicted molar refractivity (Wildman–Crippen MR) is 196 cm³/mol. The molecule has 5 heterocycles. The molecule has 0 radical (unpaired) electrons. The fourth-order valence-electron chi connectivity index (χ4n) is 8.11. The van der Waals surface area contributed by atoms with Crippen molar-refractivity contribution in [1.82, 2.24) is 34.7 Å². The zero-order valence-corrected chi connectivity index (χ0v) is 30.7. The minimum absolute atomic E-state index is 0.00611. The second kappa shape index (κ2) is 15.2. The van der Waals surface area contributed by atoms with Gasteiger partial charge in [0.05, 0.1) is 35.8 Å². The van der Waals surface area contributed by atoms with Crippen molar-refractivity contribution < 1.29 is 32.6 Å². The summed E-state index contributed by atoms with van der Waals surface area (Å²) < 4.78 is 48.3. The summed E-state index contributed by atoms with van der Waals surface area (Å²) in [4.78, 5) is 51.7. The van der Waals surface area contributed by atoms with Gasteiger partial charge in [-0.3, -0.25) is 34.7 Å². The molecule has 0 spiro atoms. The van der Waals surface area contributed by atoms with Crippen LogP contribution in [0.4, 0.5) is 24.8 Å². The van der Waals surface area contributed by atoms with Crippen LogP contribution in [0.1, 0.15) is 78.2 Å². The van der Waals surface area contributed by atoms with Crippen LogP contribution in [0.15, 0.2) is 36.7 Å². The molecule has 288 valence electrons. The average Bonchev–Trinajstić information content (AvgIpc) is 3.46. The minimum Gasteiger partial charge on any atom is -0.480 e. The van der Waals surface area contributed by atoms with E-state index in [-0.39, 0.29) is 58.2 Å². The number of carboxylic acid groups (broad SMARTS) is 1. The molecule has 1 atom stereocenters. The number of alkyl halides is 3. The fourth-order valence-corrected chi connectivity index (χ4v) is 8.11. The Morgan fingerprint density at radius 1 is 1.09 bits per heavy atom. The molecule has 4 aromatic rings. The third-order valence-electron chi connectivity index (χ3n) is 11.0. The number of carboxylic acids is 1. The van der Waals surface area contributed by atoms with Crippen LogP contribution in [-0.2, 0) is 22.3 Å². The molecule has 2 saturated carbocycles. The smallest absolute Gasteiger partial charge is 0.418 e. The van der Waals surface area contributed by atoms with E-state index in [0.29, 0.717) is 43.7 Å². The quantitative estimate of drug-likeness (QED) is 0.144. The predicted octanol–water partition coefficient (Wildman–Crippen LogP) is 5.80. The van der Waals surface area contributed by atoms with Gasteiger partial charge in [0, 0.05) is 75.7 Å². The van der Waals surface area contributed by atoms with Gasteiger partial charge in [0.2, 0.25) is 5.95 Å². The Balaban J connectivity index is 1.13. The summed E-state index contributed by atoms with van der Waals surface area (Å²) in [7, 11) is 5.45. The number of fused-ring (bicyclic) bond motifs is 1. The van der Waals surface area contributed by atoms with E-state index in [9.17, 15) is 22.8 Å². The number of hydrogen-bond acceptors (Lipinski definition) is 10. The van der Waals surface area contributed by atoms with Gasteiger partial charge < -0.3 is 19.7 Å². The van der Waals surface area contributed by atoms with Crippen molar-refractivity contribution in [3.8, 4) is 11.3 Å². The van der Waals surface area contributed by atoms with E-state index in [0.717, 1.165) is 56.8 Å². The molecule has 3 aliphatic rings. The van der Waals surface area contributed by atoms with Crippen LogP contribution in [0.25, 0.3) is 22.4 Å². The lowest BCUT2D eigenvalue weighted by atomic mass is 9.86. The number of aliphatic carboxylic acids is 1. The Morgan fingerprint density at radius 3 is 2.54 bits per heavy atom. The standard InChI is InChI=1S/C38H46F3N9O4/c1-48(20-31(51)52)26-10-13-50(19-26)18-23-6-9-28(42-16-23)35(53)47-36-45-33-30(49(2)21-37(22-54-3)11-4-5-12-37)15-29(44-34(33)46-36)25-14-27(38(39,40)41)32(43-17-25)24-7-8-24/h6,9,14-17,24,26H,4-5,7-8,10-13,18-22H2,1-3H3,(H,51,52)(H2,44,45,46,47,53)/t26-/m1/s1. The first-order chi connectivity index (χ1) is 25.8. The number of nitrogens with zero attached hydrogens (tertiary/aromatic N) is 7. The molecule has 4 aromatic heterocycles. The summed E-state index contributed by atoms with van der Waals surface area (Å²) in [6.07, 6.45) is 4.96. The Morgan fingerprint density at radius 2 is 1.87 bits per heavy atom. The number of H-pyrrole nitrogens is 1. The van der Waals surface area contributed by atoms with Crippen LogP contribution in [0.2, 0.25) is 0 Å². The first-order valence-electron chi connectivity index (χ1n) is 18.4. The van der Waals surface area contributed by atoms with Gasteiger partial charge in [0.15, 0.2) is 5.65 Å². The van der Waals surface area contributed by atoms with Crippen LogP contribution in [0.3, 0.4) is 0 Å². The molecular weight excluding hydrogens is 703 g/mol. The third-order valence-corrected chi connectivity index (χ3v) is 11.0. The highest BCUT2D eigenvalue weighted by molar-refractivity contribution is 6.03. The van der Waals surface area contributed by atoms with Crippen molar-refractivity contribution in [2.75, 3.05) is 64.2 Å². The zero-order chi connectivity index (χ0) is 38.2. The number of likely N-dealkylation sites (N-methyl/N-ethyl adjacent to an activating group) is 1. The SMILES string of the molecule is COCC1(CN(C)c2cc(-c3cnc(C4CC4)c(C(F)(F)F)c3)nc3nc(NC(=O)c4ccc(CN5CC[C@@H](N(C)CC(=O)O)C5)cn4)[nH]c23)CCCC1. The molecule has 13 nitrogen and oxygen atoms in total. The summed E-state index contributed by atoms with van der Waals surface area (Å²) in [5.41, 5.74) is 2.29. The second-order valence-electron chi connectivity index (χ2n) is 15.2. The molecule has 3 N–H and O–H groups in total. The van der Waals surface area contributed by atoms with Gasteiger partial charge in [-0.25, -0.2) is 4.98 Å². The molecule has 0 bridgehead atoms. The molecule has 2 aliphatic carbocycles. The van der Waals surface area contributed by atoms with Crippen molar-refractivity contribution >= 4 is 34.7 Å². The summed E-state index contributed by atoms with van der Waals surface area (Å²) in [5, 5.41) is 11.9. The van der Waals surface area contributed by atoms with Gasteiger partial charge in [0.25, 0.3) is 5.91 Å². The molecule has 1 aliphatic heterocycles. The summed E-state index contributed by atoms with van der Waals surface area (Å²) >= 11 is 0. The topological polar surface area (TPSA) is 153 Å². The largest absolute Gasteiger partial charge is 0.480 e. The number of nitrogens with one attached hydrogen (secondary N) is 2. The average molecular weight is 750 g/mol. The van der Waals surface area contributed by atoms with Gasteiger partial charge in [-0.05, 0) is 62.9 Å². The van der Waals surface area contributed by atoms with Crippen LogP contribution >= 0.6 is 0 Å². The number of imidazole rings is 1. The molecule has 16 heteroatoms. The summed E-state index contributed by atoms with van der Waals surface area (Å²) in [6, 6.07) is 6.52. The number of amides is 1. The van der Waals surface area contributed by atoms with Crippen LogP contribution < -0.4 is 10.2 Å². The van der Waals surface area contributed by atoms with Crippen molar-refractivity contribution in [2.24, 2.45) is 5.41 Å². The summed E-state index contributed by atoms with van der Waals surface area (Å²) in [6.45, 7) is 3.40. The number of aromatic nitrogens is 5. The number of halogens is 3. The van der Waals surface area contributed by atoms with E-state index in [1.54, 1.807) is 25.4 Å². The number of pyridine rings is 3. The Hall–Kier alpha value is -4.67. The van der Waals surface area contributed by atoms with Crippen molar-refractivity contribution in [2.45, 2.75) is 69.6 Å². The van der Waals surface area contributed by atoms with E-state index < -0.39 is 23.6 Å². The number of methoxy groups -OCH3 is 1. The van der Waals surface area contributed by atoms with Crippen molar-refractivity contribution in [1.29, 1.82) is 0 Å². The zero-order valence-electron chi connectivity index (χ0n) is 30.7. The molecule has 7 rings (SSSR count). The number of hydrogen-bond donors (Lipinski definition) is 3. The molecule has 54 heavy (non-hydrogen) atoms. The van der Waals surface area contributed by atoms with Gasteiger partial charge in [-0.1, -0.05) is 18.9 Å². The molecule has 3 fully saturated rings. The number of likely N-dealkylation sites (tertiary alicyclic amines) is 1. The van der Waals surface area contributed by atoms with Crippen LogP contribution in [0, 0.1) is 5.41 Å². The molecule has 1 saturated heterocycles. The molecule has 0 aromatic carbocycles. The lowest BCUT2D eigenvalue weighted by Gasteiger charge is -2.34. The van der Waals surface area contributed by atoms with Gasteiger partial charge in [-0.15, -0.1) is 0 Å². The number of rotatable bonds is 14. The molecule has 0 unspecified atom stereocenters. The van der Waals surface area contributed by atoms with E-state index in [4.69, 9.17) is 9.84 Å². The maximum absolute atomic E-state index is 14.2. The molecular formula is C38H46F3N9O4. The minimum atomic E-state index is -4.56. The molecule has 1 amide bonds. The van der Waals surface area contributed by atoms with Crippen molar-refractivity contribution in [3.05, 3.63) is 59.2 Å². The van der Waals surface area contributed by atoms with Crippen LogP contribution in [-0.4, -0.2) is 112 Å². The lowest BCUT2D eigenvalue weighted by molar-refractivity contribution is -0.139. The highest BCUT2D eigenvalue weighted by Crippen LogP contribution is 2.46. The number of carbonyl (C=O) groups excluding carboxylic acids is 1. The highest BCUT2D eigenvalue weighted by Gasteiger charge is 2.40. The van der Waals surface area contributed by atoms with Gasteiger partial charge >= 0.3 is 12.1 Å². The number of carbonyl (C=O) groups is 2. The lowest BCUT2D eigenvalue weighted by Crippen LogP contribution is -2.37. The van der Waals surface area contributed by atoms with E-state index >= 15 is 0 Å². The Labute approximate surface area is 311 Å². The first-order valence-corrected chi connectivity index (χ1v) is 18.4. The number of aromatic amines is 1. The van der Waals surface area contributed by atoms with E-state index in [1.807, 2.05) is 25.1 Å².